The average molecular weight is 841 g/mol. The van der Waals surface area contributed by atoms with E-state index in [1.54, 1.807) is 0 Å². The molecule has 0 aliphatic carbocycles. The van der Waals surface area contributed by atoms with Gasteiger partial charge in [0, 0.05) is 44.0 Å². The van der Waals surface area contributed by atoms with Crippen LogP contribution in [0.25, 0.3) is 122 Å². The van der Waals surface area contributed by atoms with Crippen molar-refractivity contribution in [2.24, 2.45) is 0 Å². The summed E-state index contributed by atoms with van der Waals surface area (Å²) in [6.45, 7) is 0. The molecule has 0 bridgehead atoms. The molecule has 0 amide bonds. The van der Waals surface area contributed by atoms with Crippen LogP contribution in [0.15, 0.2) is 243 Å². The first kappa shape index (κ1) is 37.7. The molecule has 13 aromatic rings. The Balaban J connectivity index is 1.01. The van der Waals surface area contributed by atoms with Crippen molar-refractivity contribution in [1.82, 2.24) is 19.1 Å². The van der Waals surface area contributed by atoms with Crippen LogP contribution in [0.4, 0.5) is 0 Å². The summed E-state index contributed by atoms with van der Waals surface area (Å²) in [4.78, 5) is 10.9. The molecule has 3 aromatic heterocycles. The van der Waals surface area contributed by atoms with Crippen LogP contribution in [0.2, 0.25) is 0 Å². The molecular weight excluding hydrogens is 801 g/mol. The highest BCUT2D eigenvalue weighted by Gasteiger charge is 2.21. The van der Waals surface area contributed by atoms with E-state index in [4.69, 9.17) is 9.97 Å². The lowest BCUT2D eigenvalue weighted by Crippen LogP contribution is -1.99. The van der Waals surface area contributed by atoms with Crippen molar-refractivity contribution in [3.63, 3.8) is 0 Å². The van der Waals surface area contributed by atoms with Gasteiger partial charge in [0.2, 0.25) is 0 Å². The molecule has 66 heavy (non-hydrogen) atoms. The Kier molecular flexibility index (Phi) is 8.81. The van der Waals surface area contributed by atoms with E-state index >= 15 is 0 Å². The van der Waals surface area contributed by atoms with Gasteiger partial charge >= 0.3 is 0 Å². The second-order valence-electron chi connectivity index (χ2n) is 17.0. The van der Waals surface area contributed by atoms with Crippen molar-refractivity contribution in [2.75, 3.05) is 0 Å². The Labute approximate surface area is 382 Å². The molecule has 0 unspecified atom stereocenters. The van der Waals surface area contributed by atoms with Crippen LogP contribution in [0.1, 0.15) is 0 Å². The molecule has 0 aliphatic rings. The molecule has 4 heteroatoms. The maximum Gasteiger partial charge on any atom is 0.145 e. The molecule has 0 fully saturated rings. The fraction of sp³-hybridized carbons (Fsp3) is 0. The summed E-state index contributed by atoms with van der Waals surface area (Å²) in [6, 6.07) is 86.9. The number of aromatic nitrogens is 4. The zero-order valence-corrected chi connectivity index (χ0v) is 35.9. The standard InChI is InChI=1S/C62H40N4/c1-5-18-41(19-6-1)47-37-48(42-20-7-2-8-21-42)39-50(38-47)66-57-31-16-15-30-56(57)63-62(66)46-25-17-24-44(36-46)45-32-33-52-55-35-34-54-51-28-13-14-29-53(51)59(43-22-9-3-10-23-43)64-60(54)61(55)65(58(52)40-45)49-26-11-4-12-27-49/h1-40H. The SMILES string of the molecule is c1ccc(-c2cc(-c3ccccc3)cc(-n3c(-c4cccc(-c5ccc6c7ccc8c9ccccc9c(-c9ccccc9)nc8c7n(-c7ccccc7)c6c5)c4)nc4ccccc43)c2)cc1. The summed E-state index contributed by atoms with van der Waals surface area (Å²) in [5.41, 5.74) is 17.4. The Bertz CT molecular complexity index is 3910. The first-order chi connectivity index (χ1) is 32.7. The Morgan fingerprint density at radius 3 is 1.55 bits per heavy atom. The normalized spacial score (nSPS) is 11.6. The summed E-state index contributed by atoms with van der Waals surface area (Å²) < 4.78 is 4.75. The van der Waals surface area contributed by atoms with Crippen molar-refractivity contribution in [1.29, 1.82) is 0 Å². The van der Waals surface area contributed by atoms with Crippen LogP contribution >= 0.6 is 0 Å². The van der Waals surface area contributed by atoms with E-state index in [1.807, 2.05) is 0 Å². The fourth-order valence-electron chi connectivity index (χ4n) is 10.0. The minimum Gasteiger partial charge on any atom is -0.307 e. The van der Waals surface area contributed by atoms with Gasteiger partial charge in [0.05, 0.1) is 33.3 Å². The molecule has 0 saturated heterocycles. The minimum atomic E-state index is 0.890. The van der Waals surface area contributed by atoms with E-state index in [0.29, 0.717) is 0 Å². The Hall–Kier alpha value is -8.86. The molecule has 0 aliphatic heterocycles. The maximum atomic E-state index is 5.58. The van der Waals surface area contributed by atoms with Crippen LogP contribution in [-0.4, -0.2) is 19.1 Å². The fourth-order valence-corrected chi connectivity index (χ4v) is 10.0. The first-order valence-electron chi connectivity index (χ1n) is 22.5. The van der Waals surface area contributed by atoms with Gasteiger partial charge in [-0.05, 0) is 93.4 Å². The predicted octanol–water partition coefficient (Wildman–Crippen LogP) is 16.2. The van der Waals surface area contributed by atoms with E-state index in [0.717, 1.165) is 94.6 Å². The van der Waals surface area contributed by atoms with Gasteiger partial charge < -0.3 is 4.57 Å². The number of para-hydroxylation sites is 3. The number of rotatable bonds is 7. The number of fused-ring (bicyclic) bond motifs is 8. The van der Waals surface area contributed by atoms with Gasteiger partial charge in [0.1, 0.15) is 5.82 Å². The third-order valence-corrected chi connectivity index (χ3v) is 13.1. The highest BCUT2D eigenvalue weighted by Crippen LogP contribution is 2.42. The highest BCUT2D eigenvalue weighted by molar-refractivity contribution is 6.23. The minimum absolute atomic E-state index is 0.890. The number of benzene rings is 10. The lowest BCUT2D eigenvalue weighted by Gasteiger charge is -2.15. The molecule has 13 rings (SSSR count). The largest absolute Gasteiger partial charge is 0.307 e. The lowest BCUT2D eigenvalue weighted by atomic mass is 9.97. The smallest absolute Gasteiger partial charge is 0.145 e. The lowest BCUT2D eigenvalue weighted by molar-refractivity contribution is 1.10. The van der Waals surface area contributed by atoms with Crippen LogP contribution in [-0.2, 0) is 0 Å². The number of imidazole rings is 1. The molecule has 308 valence electrons. The van der Waals surface area contributed by atoms with E-state index < -0.39 is 0 Å². The van der Waals surface area contributed by atoms with Gasteiger partial charge in [-0.25, -0.2) is 9.97 Å². The summed E-state index contributed by atoms with van der Waals surface area (Å²) in [7, 11) is 0. The van der Waals surface area contributed by atoms with Gasteiger partial charge in [-0.1, -0.05) is 188 Å². The van der Waals surface area contributed by atoms with E-state index in [9.17, 15) is 0 Å². The molecule has 3 heterocycles. The van der Waals surface area contributed by atoms with E-state index in [1.165, 1.54) is 27.3 Å². The second-order valence-corrected chi connectivity index (χ2v) is 17.0. The third-order valence-electron chi connectivity index (χ3n) is 13.1. The topological polar surface area (TPSA) is 35.6 Å². The van der Waals surface area contributed by atoms with Gasteiger partial charge in [-0.2, -0.15) is 0 Å². The van der Waals surface area contributed by atoms with Gasteiger partial charge in [-0.3, -0.25) is 4.57 Å². The molecule has 10 aromatic carbocycles. The number of pyridine rings is 1. The van der Waals surface area contributed by atoms with Crippen LogP contribution < -0.4 is 0 Å². The highest BCUT2D eigenvalue weighted by atomic mass is 15.1. The zero-order chi connectivity index (χ0) is 43.6. The van der Waals surface area contributed by atoms with Gasteiger partial charge in [-0.15, -0.1) is 0 Å². The first-order valence-corrected chi connectivity index (χ1v) is 22.5. The average Bonchev–Trinajstić information content (AvgIpc) is 3.96. The number of hydrogen-bond acceptors (Lipinski definition) is 2. The maximum absolute atomic E-state index is 5.58. The van der Waals surface area contributed by atoms with Crippen molar-refractivity contribution in [3.8, 4) is 67.4 Å². The summed E-state index contributed by atoms with van der Waals surface area (Å²) >= 11 is 0. The van der Waals surface area contributed by atoms with Crippen LogP contribution in [0.3, 0.4) is 0 Å². The number of hydrogen-bond donors (Lipinski definition) is 0. The molecular formula is C62H40N4. The second kappa shape index (κ2) is 15.4. The zero-order valence-electron chi connectivity index (χ0n) is 35.9. The molecule has 0 spiro atoms. The van der Waals surface area contributed by atoms with Crippen molar-refractivity contribution < 1.29 is 0 Å². The Morgan fingerprint density at radius 2 is 0.818 bits per heavy atom. The molecule has 4 nitrogen and oxygen atoms in total. The van der Waals surface area contributed by atoms with Gasteiger partial charge in [0.15, 0.2) is 0 Å². The summed E-state index contributed by atoms with van der Waals surface area (Å²) in [5.74, 6) is 0.890. The summed E-state index contributed by atoms with van der Waals surface area (Å²) in [5, 5.41) is 5.83. The van der Waals surface area contributed by atoms with Gasteiger partial charge in [0.25, 0.3) is 0 Å². The monoisotopic (exact) mass is 840 g/mol. The van der Waals surface area contributed by atoms with Crippen molar-refractivity contribution in [3.05, 3.63) is 243 Å². The van der Waals surface area contributed by atoms with E-state index in [2.05, 4.69) is 252 Å². The summed E-state index contributed by atoms with van der Waals surface area (Å²) in [6.07, 6.45) is 0. The molecule has 0 N–H and O–H groups in total. The molecule has 0 radical (unpaired) electrons. The third kappa shape index (κ3) is 6.22. The quantitative estimate of drug-likeness (QED) is 0.150. The number of nitrogens with zero attached hydrogens (tertiary/aromatic N) is 4. The predicted molar refractivity (Wildman–Crippen MR) is 275 cm³/mol. The van der Waals surface area contributed by atoms with Crippen LogP contribution in [0.5, 0.6) is 0 Å². The molecule has 0 saturated carbocycles. The van der Waals surface area contributed by atoms with E-state index in [-0.39, 0.29) is 0 Å². The van der Waals surface area contributed by atoms with Crippen LogP contribution in [0, 0.1) is 0 Å². The van der Waals surface area contributed by atoms with Crippen molar-refractivity contribution in [2.45, 2.75) is 0 Å². The van der Waals surface area contributed by atoms with Crippen molar-refractivity contribution >= 4 is 54.5 Å². The molecule has 0 atom stereocenters. The Morgan fingerprint density at radius 1 is 0.273 bits per heavy atom.